The minimum absolute atomic E-state index is 0.0913. The van der Waals surface area contributed by atoms with E-state index in [0.717, 1.165) is 15.3 Å². The van der Waals surface area contributed by atoms with Crippen LogP contribution in [-0.4, -0.2) is 24.2 Å². The van der Waals surface area contributed by atoms with Crippen molar-refractivity contribution in [2.24, 2.45) is 0 Å². The second-order valence-corrected chi connectivity index (χ2v) is 8.06. The normalized spacial score (nSPS) is 10.6. The summed E-state index contributed by atoms with van der Waals surface area (Å²) in [6.07, 6.45) is 0.386. The molecule has 2 aromatic rings. The number of nitrogens with one attached hydrogen (secondary N) is 1. The van der Waals surface area contributed by atoms with Crippen molar-refractivity contribution in [3.05, 3.63) is 45.8 Å². The summed E-state index contributed by atoms with van der Waals surface area (Å²) in [6.45, 7) is 7.95. The van der Waals surface area contributed by atoms with E-state index >= 15 is 0 Å². The number of anilines is 1. The molecule has 1 aromatic carbocycles. The van der Waals surface area contributed by atoms with Crippen molar-refractivity contribution in [1.82, 2.24) is 0 Å². The van der Waals surface area contributed by atoms with Crippen LogP contribution in [0.5, 0.6) is 0 Å². The Bertz CT molecular complexity index is 751. The number of esters is 1. The van der Waals surface area contributed by atoms with E-state index in [0.29, 0.717) is 29.3 Å². The van der Waals surface area contributed by atoms with Crippen LogP contribution < -0.4 is 5.32 Å². The maximum absolute atomic E-state index is 12.2. The quantitative estimate of drug-likeness (QED) is 0.547. The van der Waals surface area contributed by atoms with E-state index in [1.165, 1.54) is 16.9 Å². The number of hydrogen-bond donors (Lipinski definition) is 1. The first-order valence-electron chi connectivity index (χ1n) is 8.18. The molecule has 25 heavy (non-hydrogen) atoms. The number of rotatable bonds is 7. The molecule has 2 rings (SSSR count). The summed E-state index contributed by atoms with van der Waals surface area (Å²) in [7, 11) is 0. The van der Waals surface area contributed by atoms with E-state index in [1.807, 2.05) is 20.8 Å². The first-order chi connectivity index (χ1) is 11.9. The highest BCUT2D eigenvalue weighted by Crippen LogP contribution is 2.33. The van der Waals surface area contributed by atoms with Gasteiger partial charge in [0.1, 0.15) is 5.00 Å². The predicted octanol–water partition coefficient (Wildman–Crippen LogP) is 4.97. The maximum atomic E-state index is 12.2. The van der Waals surface area contributed by atoms with Crippen molar-refractivity contribution < 1.29 is 14.3 Å². The highest BCUT2D eigenvalue weighted by molar-refractivity contribution is 7.99. The van der Waals surface area contributed by atoms with Gasteiger partial charge in [-0.05, 0) is 45.4 Å². The molecule has 6 heteroatoms. The van der Waals surface area contributed by atoms with Crippen LogP contribution in [0.3, 0.4) is 0 Å². The summed E-state index contributed by atoms with van der Waals surface area (Å²) in [5.41, 5.74) is 2.56. The Hall–Kier alpha value is -1.79. The standard InChI is InChI=1S/C19H23NO3S2/c1-5-23-19(22)17-13(3)14(4)25-18(17)20-16(21)10-11-24-15-8-6-12(2)7-9-15/h6-9H,5,10-11H2,1-4H3,(H,20,21). The van der Waals surface area contributed by atoms with Gasteiger partial charge in [-0.1, -0.05) is 17.7 Å². The molecule has 0 aliphatic carbocycles. The summed E-state index contributed by atoms with van der Waals surface area (Å²) < 4.78 is 5.11. The number of benzene rings is 1. The summed E-state index contributed by atoms with van der Waals surface area (Å²) in [6, 6.07) is 8.24. The highest BCUT2D eigenvalue weighted by atomic mass is 32.2. The Kier molecular flexibility index (Phi) is 7.08. The number of carbonyl (C=O) groups excluding carboxylic acids is 2. The van der Waals surface area contributed by atoms with Gasteiger partial charge in [-0.3, -0.25) is 4.79 Å². The molecule has 4 nitrogen and oxygen atoms in total. The Morgan fingerprint density at radius 1 is 1.16 bits per heavy atom. The van der Waals surface area contributed by atoms with Crippen LogP contribution in [0.4, 0.5) is 5.00 Å². The molecule has 0 saturated carbocycles. The van der Waals surface area contributed by atoms with Crippen molar-refractivity contribution in [3.63, 3.8) is 0 Å². The Balaban J connectivity index is 1.95. The van der Waals surface area contributed by atoms with Gasteiger partial charge >= 0.3 is 5.97 Å². The lowest BCUT2D eigenvalue weighted by Crippen LogP contribution is -2.15. The van der Waals surface area contributed by atoms with E-state index in [-0.39, 0.29) is 11.9 Å². The van der Waals surface area contributed by atoms with Crippen molar-refractivity contribution in [1.29, 1.82) is 0 Å². The Labute approximate surface area is 157 Å². The van der Waals surface area contributed by atoms with Gasteiger partial charge in [-0.15, -0.1) is 23.1 Å². The average Bonchev–Trinajstić information content (AvgIpc) is 2.83. The molecule has 0 aliphatic heterocycles. The fourth-order valence-corrected chi connectivity index (χ4v) is 4.17. The molecule has 0 bridgehead atoms. The number of thioether (sulfide) groups is 1. The van der Waals surface area contributed by atoms with Gasteiger partial charge in [0.15, 0.2) is 0 Å². The van der Waals surface area contributed by atoms with Crippen LogP contribution in [0.1, 0.15) is 39.7 Å². The minimum atomic E-state index is -0.381. The molecule has 0 unspecified atom stereocenters. The molecule has 0 saturated heterocycles. The van der Waals surface area contributed by atoms with Crippen LogP contribution >= 0.6 is 23.1 Å². The van der Waals surface area contributed by atoms with Crippen LogP contribution in [0.25, 0.3) is 0 Å². The molecule has 0 radical (unpaired) electrons. The van der Waals surface area contributed by atoms with Crippen molar-refractivity contribution in [2.75, 3.05) is 17.7 Å². The topological polar surface area (TPSA) is 55.4 Å². The molecule has 1 heterocycles. The summed E-state index contributed by atoms with van der Waals surface area (Å²) in [5.74, 6) is 0.215. The van der Waals surface area contributed by atoms with E-state index in [2.05, 4.69) is 29.6 Å². The summed E-state index contributed by atoms with van der Waals surface area (Å²) >= 11 is 3.06. The van der Waals surface area contributed by atoms with Crippen LogP contribution in [0, 0.1) is 20.8 Å². The molecule has 0 spiro atoms. The van der Waals surface area contributed by atoms with Crippen molar-refractivity contribution >= 4 is 40.0 Å². The fourth-order valence-electron chi connectivity index (χ4n) is 2.25. The first-order valence-corrected chi connectivity index (χ1v) is 9.99. The molecule has 0 atom stereocenters. The largest absolute Gasteiger partial charge is 0.462 e. The number of aryl methyl sites for hydroxylation is 2. The van der Waals surface area contributed by atoms with Gasteiger partial charge in [0.2, 0.25) is 5.91 Å². The Morgan fingerprint density at radius 3 is 2.48 bits per heavy atom. The highest BCUT2D eigenvalue weighted by Gasteiger charge is 2.21. The smallest absolute Gasteiger partial charge is 0.341 e. The van der Waals surface area contributed by atoms with Gasteiger partial charge < -0.3 is 10.1 Å². The average molecular weight is 378 g/mol. The molecule has 0 aliphatic rings. The summed E-state index contributed by atoms with van der Waals surface area (Å²) in [4.78, 5) is 26.5. The van der Waals surface area contributed by atoms with Crippen LogP contribution in [-0.2, 0) is 9.53 Å². The molecule has 1 N–H and O–H groups in total. The third-order valence-corrected chi connectivity index (χ3v) is 5.87. The van der Waals surface area contributed by atoms with Gasteiger partial charge in [0.25, 0.3) is 0 Å². The lowest BCUT2D eigenvalue weighted by Gasteiger charge is -2.07. The van der Waals surface area contributed by atoms with Gasteiger partial charge in [-0.25, -0.2) is 4.79 Å². The predicted molar refractivity (Wildman–Crippen MR) is 105 cm³/mol. The molecule has 134 valence electrons. The monoisotopic (exact) mass is 377 g/mol. The second-order valence-electron chi connectivity index (χ2n) is 5.67. The van der Waals surface area contributed by atoms with Crippen molar-refractivity contribution in [2.45, 2.75) is 39.0 Å². The number of hydrogen-bond acceptors (Lipinski definition) is 5. The first kappa shape index (κ1) is 19.5. The third-order valence-electron chi connectivity index (χ3n) is 3.74. The zero-order chi connectivity index (χ0) is 18.4. The zero-order valence-electron chi connectivity index (χ0n) is 15.0. The SMILES string of the molecule is CCOC(=O)c1c(NC(=O)CCSc2ccc(C)cc2)sc(C)c1C. The molecular formula is C19H23NO3S2. The molecule has 1 aromatic heterocycles. The minimum Gasteiger partial charge on any atom is -0.462 e. The molecule has 0 fully saturated rings. The summed E-state index contributed by atoms with van der Waals surface area (Å²) in [5, 5.41) is 3.45. The van der Waals surface area contributed by atoms with Gasteiger partial charge in [0.05, 0.1) is 12.2 Å². The number of ether oxygens (including phenoxy) is 1. The second kappa shape index (κ2) is 9.06. The molecular weight excluding hydrogens is 354 g/mol. The molecule has 1 amide bonds. The number of amides is 1. The maximum Gasteiger partial charge on any atom is 0.341 e. The van der Waals surface area contributed by atoms with E-state index in [9.17, 15) is 9.59 Å². The van der Waals surface area contributed by atoms with E-state index in [4.69, 9.17) is 4.74 Å². The number of thiophene rings is 1. The van der Waals surface area contributed by atoms with Gasteiger partial charge in [0, 0.05) is 21.9 Å². The lowest BCUT2D eigenvalue weighted by molar-refractivity contribution is -0.115. The zero-order valence-corrected chi connectivity index (χ0v) is 16.6. The third kappa shape index (κ3) is 5.34. The fraction of sp³-hybridized carbons (Fsp3) is 0.368. The van der Waals surface area contributed by atoms with Crippen LogP contribution in [0.15, 0.2) is 29.2 Å². The van der Waals surface area contributed by atoms with E-state index in [1.54, 1.807) is 18.7 Å². The lowest BCUT2D eigenvalue weighted by atomic mass is 10.1. The van der Waals surface area contributed by atoms with Gasteiger partial charge in [-0.2, -0.15) is 0 Å². The van der Waals surface area contributed by atoms with E-state index < -0.39 is 0 Å². The Morgan fingerprint density at radius 2 is 1.84 bits per heavy atom. The van der Waals surface area contributed by atoms with Crippen LogP contribution in [0.2, 0.25) is 0 Å². The van der Waals surface area contributed by atoms with Crippen molar-refractivity contribution in [3.8, 4) is 0 Å². The number of carbonyl (C=O) groups is 2.